The van der Waals surface area contributed by atoms with Crippen molar-refractivity contribution in [1.29, 1.82) is 0 Å². The highest BCUT2D eigenvalue weighted by atomic mass is 16.2. The Hall–Kier alpha value is -0.570. The highest BCUT2D eigenvalue weighted by Crippen LogP contribution is 2.60. The molecule has 5 aliphatic rings. The van der Waals surface area contributed by atoms with Crippen LogP contribution >= 0.6 is 0 Å². The van der Waals surface area contributed by atoms with Gasteiger partial charge in [-0.05, 0) is 94.9 Å². The minimum absolute atomic E-state index is 0.0566. The van der Waals surface area contributed by atoms with E-state index in [1.807, 2.05) is 0 Å². The predicted molar refractivity (Wildman–Crippen MR) is 93.1 cm³/mol. The molecule has 0 radical (unpaired) electrons. The van der Waals surface area contributed by atoms with Crippen LogP contribution in [0.1, 0.15) is 64.7 Å². The first kappa shape index (κ1) is 15.9. The van der Waals surface area contributed by atoms with Crippen molar-refractivity contribution >= 4 is 5.91 Å². The zero-order chi connectivity index (χ0) is 16.0. The summed E-state index contributed by atoms with van der Waals surface area (Å²) in [6, 6.07) is 0.0566. The van der Waals surface area contributed by atoms with Crippen molar-refractivity contribution < 1.29 is 4.79 Å². The molecule has 0 spiro atoms. The second kappa shape index (κ2) is 6.06. The van der Waals surface area contributed by atoms with Crippen molar-refractivity contribution in [2.45, 2.75) is 70.8 Å². The maximum atomic E-state index is 12.8. The third-order valence-electron chi connectivity index (χ3n) is 7.44. The fraction of sp³-hybridized carbons (Fsp3) is 0.950. The second-order valence-electron chi connectivity index (χ2n) is 9.39. The van der Waals surface area contributed by atoms with Gasteiger partial charge in [-0.1, -0.05) is 0 Å². The average Bonchev–Trinajstić information content (AvgIpc) is 2.52. The zero-order valence-corrected chi connectivity index (χ0v) is 15.1. The molecule has 1 saturated heterocycles. The van der Waals surface area contributed by atoms with Crippen molar-refractivity contribution in [3.8, 4) is 0 Å². The smallest absolute Gasteiger partial charge is 0.239 e. The molecule has 1 amide bonds. The number of hydrogen-bond donors (Lipinski definition) is 0. The van der Waals surface area contributed by atoms with E-state index in [0.29, 0.717) is 11.3 Å². The summed E-state index contributed by atoms with van der Waals surface area (Å²) in [5.74, 6) is 3.38. The van der Waals surface area contributed by atoms with Crippen LogP contribution in [0.15, 0.2) is 0 Å². The fourth-order valence-corrected chi connectivity index (χ4v) is 6.72. The first-order valence-electron chi connectivity index (χ1n) is 10.0. The van der Waals surface area contributed by atoms with Crippen molar-refractivity contribution in [2.24, 2.45) is 23.2 Å². The number of amides is 1. The Bertz CT molecular complexity index is 419. The largest absolute Gasteiger partial charge is 0.341 e. The van der Waals surface area contributed by atoms with E-state index in [9.17, 15) is 4.79 Å². The van der Waals surface area contributed by atoms with E-state index in [-0.39, 0.29) is 6.04 Å². The van der Waals surface area contributed by atoms with E-state index < -0.39 is 0 Å². The molecule has 1 heterocycles. The van der Waals surface area contributed by atoms with Gasteiger partial charge in [0.2, 0.25) is 5.91 Å². The van der Waals surface area contributed by atoms with Crippen LogP contribution in [-0.4, -0.2) is 48.4 Å². The van der Waals surface area contributed by atoms with Crippen LogP contribution in [-0.2, 0) is 4.79 Å². The SMILES string of the molecule is CC(C(=O)N1CCCCC1)N(C)CC12CC3CC(CC(C3)C1)C2. The number of likely N-dealkylation sites (N-methyl/N-ethyl adjacent to an activating group) is 1. The van der Waals surface area contributed by atoms with Gasteiger partial charge in [-0.3, -0.25) is 9.69 Å². The zero-order valence-electron chi connectivity index (χ0n) is 15.1. The van der Waals surface area contributed by atoms with Gasteiger partial charge in [0.25, 0.3) is 0 Å². The molecule has 23 heavy (non-hydrogen) atoms. The van der Waals surface area contributed by atoms with E-state index in [1.54, 1.807) is 0 Å². The van der Waals surface area contributed by atoms with Gasteiger partial charge < -0.3 is 4.90 Å². The third kappa shape index (κ3) is 3.06. The van der Waals surface area contributed by atoms with Crippen molar-refractivity contribution in [1.82, 2.24) is 9.80 Å². The summed E-state index contributed by atoms with van der Waals surface area (Å²) in [6.45, 7) is 5.25. The Morgan fingerprint density at radius 3 is 2.09 bits per heavy atom. The first-order chi connectivity index (χ1) is 11.0. The lowest BCUT2D eigenvalue weighted by Gasteiger charge is -2.58. The molecule has 3 nitrogen and oxygen atoms in total. The number of rotatable bonds is 4. The molecule has 1 atom stereocenters. The molecule has 0 N–H and O–H groups in total. The molecule has 0 aromatic rings. The molecule has 4 saturated carbocycles. The van der Waals surface area contributed by atoms with Gasteiger partial charge in [0, 0.05) is 19.6 Å². The van der Waals surface area contributed by atoms with Gasteiger partial charge in [0.1, 0.15) is 0 Å². The van der Waals surface area contributed by atoms with Crippen molar-refractivity contribution in [3.05, 3.63) is 0 Å². The molecule has 3 heteroatoms. The lowest BCUT2D eigenvalue weighted by Crippen LogP contribution is -2.54. The summed E-state index contributed by atoms with van der Waals surface area (Å²) in [7, 11) is 2.20. The van der Waals surface area contributed by atoms with Gasteiger partial charge in [-0.25, -0.2) is 0 Å². The van der Waals surface area contributed by atoms with E-state index in [2.05, 4.69) is 23.8 Å². The molecule has 5 rings (SSSR count). The standard InChI is InChI=1S/C20H34N2O/c1-15(19(23)22-6-4-3-5-7-22)21(2)14-20-11-16-8-17(12-20)10-18(9-16)13-20/h15-18H,3-14H2,1-2H3. The molecule has 5 fully saturated rings. The normalized spacial score (nSPS) is 40.7. The molecule has 1 unspecified atom stereocenters. The highest BCUT2D eigenvalue weighted by molar-refractivity contribution is 5.81. The van der Waals surface area contributed by atoms with Crippen LogP contribution < -0.4 is 0 Å². The lowest BCUT2D eigenvalue weighted by molar-refractivity contribution is -0.138. The highest BCUT2D eigenvalue weighted by Gasteiger charge is 2.51. The molecular formula is C20H34N2O. The average molecular weight is 319 g/mol. The third-order valence-corrected chi connectivity index (χ3v) is 7.44. The number of hydrogen-bond acceptors (Lipinski definition) is 2. The number of piperidine rings is 1. The molecule has 4 aliphatic carbocycles. The summed E-state index contributed by atoms with van der Waals surface area (Å²) in [4.78, 5) is 17.3. The van der Waals surface area contributed by atoms with Crippen LogP contribution in [0.25, 0.3) is 0 Å². The van der Waals surface area contributed by atoms with Crippen molar-refractivity contribution in [3.63, 3.8) is 0 Å². The summed E-state index contributed by atoms with van der Waals surface area (Å²) in [5, 5.41) is 0. The Balaban J connectivity index is 1.39. The molecule has 0 aromatic carbocycles. The van der Waals surface area contributed by atoms with Crippen LogP contribution in [0.5, 0.6) is 0 Å². The van der Waals surface area contributed by atoms with Gasteiger partial charge in [-0.15, -0.1) is 0 Å². The second-order valence-corrected chi connectivity index (χ2v) is 9.39. The van der Waals surface area contributed by atoms with Gasteiger partial charge in [0.15, 0.2) is 0 Å². The van der Waals surface area contributed by atoms with Crippen LogP contribution in [0, 0.1) is 23.2 Å². The Kier molecular flexibility index (Phi) is 4.19. The molecule has 1 aliphatic heterocycles. The summed E-state index contributed by atoms with van der Waals surface area (Å²) in [5.41, 5.74) is 0.542. The summed E-state index contributed by atoms with van der Waals surface area (Å²) in [6.07, 6.45) is 12.5. The summed E-state index contributed by atoms with van der Waals surface area (Å²) < 4.78 is 0. The number of likely N-dealkylation sites (tertiary alicyclic amines) is 1. The number of nitrogens with zero attached hydrogens (tertiary/aromatic N) is 2. The topological polar surface area (TPSA) is 23.6 Å². The predicted octanol–water partition coefficient (Wildman–Crippen LogP) is 3.54. The minimum atomic E-state index is 0.0566. The lowest BCUT2D eigenvalue weighted by atomic mass is 9.49. The number of carbonyl (C=O) groups excluding carboxylic acids is 1. The van der Waals surface area contributed by atoms with E-state index in [4.69, 9.17) is 0 Å². The monoisotopic (exact) mass is 318 g/mol. The molecule has 4 bridgehead atoms. The van der Waals surface area contributed by atoms with E-state index in [0.717, 1.165) is 37.4 Å². The maximum Gasteiger partial charge on any atom is 0.239 e. The van der Waals surface area contributed by atoms with Gasteiger partial charge in [-0.2, -0.15) is 0 Å². The van der Waals surface area contributed by atoms with Gasteiger partial charge >= 0.3 is 0 Å². The minimum Gasteiger partial charge on any atom is -0.341 e. The van der Waals surface area contributed by atoms with Crippen LogP contribution in [0.3, 0.4) is 0 Å². The fourth-order valence-electron chi connectivity index (χ4n) is 6.72. The quantitative estimate of drug-likeness (QED) is 0.791. The molecular weight excluding hydrogens is 284 g/mol. The Morgan fingerprint density at radius 1 is 1.04 bits per heavy atom. The molecule has 130 valence electrons. The van der Waals surface area contributed by atoms with Crippen LogP contribution in [0.2, 0.25) is 0 Å². The van der Waals surface area contributed by atoms with Crippen LogP contribution in [0.4, 0.5) is 0 Å². The Labute approximate surface area is 141 Å². The van der Waals surface area contributed by atoms with E-state index in [1.165, 1.54) is 57.8 Å². The van der Waals surface area contributed by atoms with E-state index >= 15 is 0 Å². The van der Waals surface area contributed by atoms with Crippen molar-refractivity contribution in [2.75, 3.05) is 26.7 Å². The summed E-state index contributed by atoms with van der Waals surface area (Å²) >= 11 is 0. The first-order valence-corrected chi connectivity index (χ1v) is 10.0. The molecule has 0 aromatic heterocycles. The maximum absolute atomic E-state index is 12.8. The van der Waals surface area contributed by atoms with Gasteiger partial charge in [0.05, 0.1) is 6.04 Å². The number of carbonyl (C=O) groups is 1. The Morgan fingerprint density at radius 2 is 1.57 bits per heavy atom.